The van der Waals surface area contributed by atoms with E-state index in [9.17, 15) is 9.59 Å². The average Bonchev–Trinajstić information content (AvgIpc) is 3.34. The van der Waals surface area contributed by atoms with Gasteiger partial charge < -0.3 is 10.6 Å². The highest BCUT2D eigenvalue weighted by atomic mass is 35.5. The maximum Gasteiger partial charge on any atom is 0.228 e. The first-order chi connectivity index (χ1) is 11.9. The molecule has 0 saturated heterocycles. The zero-order valence-corrected chi connectivity index (χ0v) is 15.1. The lowest BCUT2D eigenvalue weighted by Crippen LogP contribution is -2.27. The van der Waals surface area contributed by atoms with Gasteiger partial charge in [-0.25, -0.2) is 0 Å². The number of hydrogen-bond acceptors (Lipinski definition) is 2. The van der Waals surface area contributed by atoms with Crippen molar-refractivity contribution >= 4 is 29.1 Å². The first-order valence-electron chi connectivity index (χ1n) is 8.33. The van der Waals surface area contributed by atoms with Crippen LogP contribution in [-0.4, -0.2) is 11.8 Å². The summed E-state index contributed by atoms with van der Waals surface area (Å²) in [6, 6.07) is 13.3. The molecule has 1 aliphatic rings. The van der Waals surface area contributed by atoms with Crippen LogP contribution < -0.4 is 10.6 Å². The lowest BCUT2D eigenvalue weighted by molar-refractivity contribution is -0.125. The van der Waals surface area contributed by atoms with E-state index in [0.717, 1.165) is 22.4 Å². The quantitative estimate of drug-likeness (QED) is 0.854. The van der Waals surface area contributed by atoms with Crippen LogP contribution in [0.15, 0.2) is 42.5 Å². The van der Waals surface area contributed by atoms with E-state index in [0.29, 0.717) is 18.0 Å². The van der Waals surface area contributed by atoms with E-state index >= 15 is 0 Å². The number of anilines is 1. The number of halogens is 1. The molecule has 2 N–H and O–H groups in total. The van der Waals surface area contributed by atoms with Gasteiger partial charge in [0.05, 0.1) is 11.8 Å². The van der Waals surface area contributed by atoms with Crippen molar-refractivity contribution in [1.29, 1.82) is 0 Å². The maximum atomic E-state index is 12.3. The SMILES string of the molecule is Cc1cc(C)cc(NC(=O)C2CC2C(=O)NCc2ccc(Cl)cc2)c1. The van der Waals surface area contributed by atoms with Gasteiger partial charge in [-0.1, -0.05) is 29.8 Å². The Kier molecular flexibility index (Phi) is 5.09. The summed E-state index contributed by atoms with van der Waals surface area (Å²) in [6.07, 6.45) is 0.600. The summed E-state index contributed by atoms with van der Waals surface area (Å²) in [5.74, 6) is -0.642. The largest absolute Gasteiger partial charge is 0.352 e. The second-order valence-electron chi connectivity index (χ2n) is 6.66. The topological polar surface area (TPSA) is 58.2 Å². The van der Waals surface area contributed by atoms with Gasteiger partial charge in [0.1, 0.15) is 0 Å². The first-order valence-corrected chi connectivity index (χ1v) is 8.71. The summed E-state index contributed by atoms with van der Waals surface area (Å²) >= 11 is 5.84. The molecule has 5 heteroatoms. The van der Waals surface area contributed by atoms with Gasteiger partial charge >= 0.3 is 0 Å². The Morgan fingerprint density at radius 1 is 1.00 bits per heavy atom. The number of nitrogens with one attached hydrogen (secondary N) is 2. The van der Waals surface area contributed by atoms with Gasteiger partial charge in [0.2, 0.25) is 11.8 Å². The predicted octanol–water partition coefficient (Wildman–Crippen LogP) is 3.85. The zero-order valence-electron chi connectivity index (χ0n) is 14.3. The molecule has 0 bridgehead atoms. The summed E-state index contributed by atoms with van der Waals surface area (Å²) in [5.41, 5.74) is 3.97. The molecule has 2 amide bonds. The second-order valence-corrected chi connectivity index (χ2v) is 7.10. The van der Waals surface area contributed by atoms with Crippen molar-refractivity contribution in [3.63, 3.8) is 0 Å². The highest BCUT2D eigenvalue weighted by Gasteiger charge is 2.47. The van der Waals surface area contributed by atoms with E-state index in [4.69, 9.17) is 11.6 Å². The number of rotatable bonds is 5. The van der Waals surface area contributed by atoms with Crippen LogP contribution in [0.4, 0.5) is 5.69 Å². The van der Waals surface area contributed by atoms with Crippen LogP contribution in [-0.2, 0) is 16.1 Å². The van der Waals surface area contributed by atoms with Crippen LogP contribution >= 0.6 is 11.6 Å². The van der Waals surface area contributed by atoms with Crippen molar-refractivity contribution in [2.75, 3.05) is 5.32 Å². The van der Waals surface area contributed by atoms with Crippen LogP contribution in [0.1, 0.15) is 23.1 Å². The Morgan fingerprint density at radius 3 is 2.24 bits per heavy atom. The highest BCUT2D eigenvalue weighted by Crippen LogP contribution is 2.39. The third-order valence-corrected chi connectivity index (χ3v) is 4.59. The van der Waals surface area contributed by atoms with Gasteiger partial charge in [-0.05, 0) is 61.2 Å². The Hall–Kier alpha value is -2.33. The summed E-state index contributed by atoms with van der Waals surface area (Å²) in [4.78, 5) is 24.5. The molecule has 0 heterocycles. The summed E-state index contributed by atoms with van der Waals surface area (Å²) in [6.45, 7) is 4.43. The fourth-order valence-corrected chi connectivity index (χ4v) is 3.10. The van der Waals surface area contributed by atoms with E-state index in [1.165, 1.54) is 0 Å². The molecular formula is C20H21ClN2O2. The highest BCUT2D eigenvalue weighted by molar-refractivity contribution is 6.30. The van der Waals surface area contributed by atoms with E-state index < -0.39 is 0 Å². The molecule has 0 aliphatic heterocycles. The first kappa shape index (κ1) is 17.5. The number of carbonyl (C=O) groups is 2. The third kappa shape index (κ3) is 4.60. The molecule has 1 saturated carbocycles. The monoisotopic (exact) mass is 356 g/mol. The molecule has 0 spiro atoms. The standard InChI is InChI=1S/C20H21ClN2O2/c1-12-7-13(2)9-16(8-12)23-20(25)18-10-17(18)19(24)22-11-14-3-5-15(21)6-4-14/h3-9,17-18H,10-11H2,1-2H3,(H,22,24)(H,23,25). The molecule has 25 heavy (non-hydrogen) atoms. The molecule has 0 radical (unpaired) electrons. The van der Waals surface area contributed by atoms with E-state index in [-0.39, 0.29) is 23.7 Å². The Morgan fingerprint density at radius 2 is 1.60 bits per heavy atom. The van der Waals surface area contributed by atoms with E-state index in [1.54, 1.807) is 12.1 Å². The van der Waals surface area contributed by atoms with Crippen molar-refractivity contribution in [3.05, 3.63) is 64.2 Å². The lowest BCUT2D eigenvalue weighted by Gasteiger charge is -2.08. The molecule has 1 aliphatic carbocycles. The van der Waals surface area contributed by atoms with Gasteiger partial charge in [0, 0.05) is 17.3 Å². The summed E-state index contributed by atoms with van der Waals surface area (Å²) < 4.78 is 0. The molecule has 2 aromatic carbocycles. The Labute approximate surface area is 152 Å². The Balaban J connectivity index is 1.50. The zero-order chi connectivity index (χ0) is 18.0. The molecule has 1 fully saturated rings. The van der Waals surface area contributed by atoms with Gasteiger partial charge in [-0.2, -0.15) is 0 Å². The minimum Gasteiger partial charge on any atom is -0.352 e. The molecule has 0 aromatic heterocycles. The van der Waals surface area contributed by atoms with Crippen LogP contribution in [0.25, 0.3) is 0 Å². The normalized spacial score (nSPS) is 18.5. The molecule has 2 aromatic rings. The van der Waals surface area contributed by atoms with Crippen LogP contribution in [0.5, 0.6) is 0 Å². The predicted molar refractivity (Wildman–Crippen MR) is 99.4 cm³/mol. The van der Waals surface area contributed by atoms with Crippen molar-refractivity contribution in [3.8, 4) is 0 Å². The van der Waals surface area contributed by atoms with Gasteiger partial charge in [-0.3, -0.25) is 9.59 Å². The molecular weight excluding hydrogens is 336 g/mol. The van der Waals surface area contributed by atoms with Crippen molar-refractivity contribution in [2.24, 2.45) is 11.8 Å². The van der Waals surface area contributed by atoms with Gasteiger partial charge in [0.15, 0.2) is 0 Å². The minimum atomic E-state index is -0.244. The smallest absolute Gasteiger partial charge is 0.228 e. The average molecular weight is 357 g/mol. The molecule has 2 unspecified atom stereocenters. The van der Waals surface area contributed by atoms with Crippen molar-refractivity contribution in [2.45, 2.75) is 26.8 Å². The number of amides is 2. The van der Waals surface area contributed by atoms with Gasteiger partial charge in [-0.15, -0.1) is 0 Å². The van der Waals surface area contributed by atoms with Crippen molar-refractivity contribution < 1.29 is 9.59 Å². The summed E-state index contributed by atoms with van der Waals surface area (Å²) in [7, 11) is 0. The lowest BCUT2D eigenvalue weighted by atomic mass is 10.1. The molecule has 4 nitrogen and oxygen atoms in total. The van der Waals surface area contributed by atoms with Crippen LogP contribution in [0, 0.1) is 25.7 Å². The van der Waals surface area contributed by atoms with E-state index in [1.807, 2.05) is 38.1 Å². The number of carbonyl (C=O) groups excluding carboxylic acids is 2. The van der Waals surface area contributed by atoms with E-state index in [2.05, 4.69) is 16.7 Å². The maximum absolute atomic E-state index is 12.3. The number of aryl methyl sites for hydroxylation is 2. The summed E-state index contributed by atoms with van der Waals surface area (Å²) in [5, 5.41) is 6.47. The molecule has 130 valence electrons. The Bertz CT molecular complexity index is 782. The number of hydrogen-bond donors (Lipinski definition) is 2. The minimum absolute atomic E-state index is 0.0736. The molecule has 3 rings (SSSR count). The fraction of sp³-hybridized carbons (Fsp3) is 0.300. The molecule has 2 atom stereocenters. The van der Waals surface area contributed by atoms with Crippen molar-refractivity contribution in [1.82, 2.24) is 5.32 Å². The van der Waals surface area contributed by atoms with Crippen LogP contribution in [0.2, 0.25) is 5.02 Å². The third-order valence-electron chi connectivity index (χ3n) is 4.33. The van der Waals surface area contributed by atoms with Gasteiger partial charge in [0.25, 0.3) is 0 Å². The fourth-order valence-electron chi connectivity index (χ4n) is 2.98. The van der Waals surface area contributed by atoms with Crippen LogP contribution in [0.3, 0.4) is 0 Å². The second kappa shape index (κ2) is 7.28. The number of benzene rings is 2.